The van der Waals surface area contributed by atoms with Crippen molar-refractivity contribution < 1.29 is 18.8 Å². The zero-order valence-electron chi connectivity index (χ0n) is 15.0. The lowest BCUT2D eigenvalue weighted by Crippen LogP contribution is -2.33. The number of benzene rings is 2. The molecule has 142 valence electrons. The number of carbonyl (C=O) groups is 1. The lowest BCUT2D eigenvalue weighted by molar-refractivity contribution is -0.136. The second-order valence-electron chi connectivity index (χ2n) is 7.53. The molecule has 3 aromatic rings. The number of alkyl halides is 1. The molecule has 2 aliphatic rings. The Morgan fingerprint density at radius 2 is 1.71 bits per heavy atom. The zero-order chi connectivity index (χ0) is 19.3. The van der Waals surface area contributed by atoms with Gasteiger partial charge in [0.15, 0.2) is 11.7 Å². The molecule has 6 heteroatoms. The van der Waals surface area contributed by atoms with Gasteiger partial charge >= 0.3 is 0 Å². The summed E-state index contributed by atoms with van der Waals surface area (Å²) in [7, 11) is 0. The molecule has 1 amide bonds. The van der Waals surface area contributed by atoms with Crippen molar-refractivity contribution in [2.24, 2.45) is 0 Å². The average molecular weight is 378 g/mol. The maximum absolute atomic E-state index is 15.5. The topological polar surface area (TPSA) is 75.4 Å². The van der Waals surface area contributed by atoms with E-state index >= 15 is 4.39 Å². The molecule has 0 bridgehead atoms. The second kappa shape index (κ2) is 6.27. The standard InChI is InChI=1S/C22H19FN2O3/c23-22(21(26)25-27)18(14-4-2-1-3-5-14)19(22)15-8-6-13(7-9-15)17-12-24-20(28-17)16-10-11-16/h1-9,12,16,18-19,27H,10-11H2,(H,25,26)/t18-,19-,22+/m1/s1. The van der Waals surface area contributed by atoms with Gasteiger partial charge in [-0.1, -0.05) is 54.6 Å². The lowest BCUT2D eigenvalue weighted by atomic mass is 10.0. The summed E-state index contributed by atoms with van der Waals surface area (Å²) in [5.74, 6) is -0.419. The van der Waals surface area contributed by atoms with Crippen LogP contribution in [0, 0.1) is 0 Å². The summed E-state index contributed by atoms with van der Waals surface area (Å²) >= 11 is 0. The van der Waals surface area contributed by atoms with Crippen molar-refractivity contribution in [1.29, 1.82) is 0 Å². The normalized spacial score (nSPS) is 26.1. The molecule has 2 N–H and O–H groups in total. The molecule has 2 saturated carbocycles. The van der Waals surface area contributed by atoms with Crippen molar-refractivity contribution in [2.75, 3.05) is 0 Å². The molecule has 2 aromatic carbocycles. The number of rotatable bonds is 5. The Morgan fingerprint density at radius 3 is 2.32 bits per heavy atom. The summed E-state index contributed by atoms with van der Waals surface area (Å²) in [4.78, 5) is 16.4. The Balaban J connectivity index is 1.44. The molecule has 0 spiro atoms. The molecule has 3 atom stereocenters. The fraction of sp³-hybridized carbons (Fsp3) is 0.273. The first-order valence-corrected chi connectivity index (χ1v) is 9.37. The van der Waals surface area contributed by atoms with Crippen LogP contribution in [0.3, 0.4) is 0 Å². The fourth-order valence-electron chi connectivity index (χ4n) is 4.05. The summed E-state index contributed by atoms with van der Waals surface area (Å²) in [5.41, 5.74) is 1.59. The molecular formula is C22H19FN2O3. The Hall–Kier alpha value is -2.99. The number of oxazole rings is 1. The number of nitrogens with zero attached hydrogens (tertiary/aromatic N) is 1. The van der Waals surface area contributed by atoms with Crippen LogP contribution < -0.4 is 5.48 Å². The first kappa shape index (κ1) is 17.1. The highest BCUT2D eigenvalue weighted by Crippen LogP contribution is 2.66. The molecule has 5 rings (SSSR count). The van der Waals surface area contributed by atoms with Crippen LogP contribution in [0.2, 0.25) is 0 Å². The molecule has 0 saturated heterocycles. The van der Waals surface area contributed by atoms with Gasteiger partial charge < -0.3 is 4.42 Å². The predicted octanol–water partition coefficient (Wildman–Crippen LogP) is 4.31. The van der Waals surface area contributed by atoms with Crippen LogP contribution in [0.15, 0.2) is 65.2 Å². The van der Waals surface area contributed by atoms with E-state index in [-0.39, 0.29) is 0 Å². The van der Waals surface area contributed by atoms with Gasteiger partial charge in [-0.3, -0.25) is 10.0 Å². The first-order chi connectivity index (χ1) is 13.6. The maximum atomic E-state index is 15.5. The highest BCUT2D eigenvalue weighted by Gasteiger charge is 2.72. The van der Waals surface area contributed by atoms with Crippen molar-refractivity contribution in [1.82, 2.24) is 10.5 Å². The number of hydrogen-bond donors (Lipinski definition) is 2. The van der Waals surface area contributed by atoms with Crippen molar-refractivity contribution in [3.05, 3.63) is 77.8 Å². The SMILES string of the molecule is O=C(NO)[C@]1(F)[C@H](c2ccccc2)[C@H]1c1ccc(-c2cnc(C3CC3)o2)cc1. The van der Waals surface area contributed by atoms with Gasteiger partial charge in [-0.25, -0.2) is 14.9 Å². The number of hydroxylamine groups is 1. The monoisotopic (exact) mass is 378 g/mol. The van der Waals surface area contributed by atoms with Crippen LogP contribution in [-0.4, -0.2) is 21.8 Å². The van der Waals surface area contributed by atoms with Gasteiger partial charge in [0, 0.05) is 23.3 Å². The molecule has 5 nitrogen and oxygen atoms in total. The quantitative estimate of drug-likeness (QED) is 0.512. The Kier molecular flexibility index (Phi) is 3.84. The highest BCUT2D eigenvalue weighted by atomic mass is 19.1. The number of amides is 1. The summed E-state index contributed by atoms with van der Waals surface area (Å²) in [5, 5.41) is 9.03. The van der Waals surface area contributed by atoms with E-state index in [0.717, 1.165) is 29.9 Å². The molecule has 0 radical (unpaired) electrons. The Morgan fingerprint density at radius 1 is 1.07 bits per heavy atom. The highest BCUT2D eigenvalue weighted by molar-refractivity contribution is 5.92. The van der Waals surface area contributed by atoms with Crippen LogP contribution in [0.4, 0.5) is 4.39 Å². The third kappa shape index (κ3) is 2.64. The van der Waals surface area contributed by atoms with Crippen molar-refractivity contribution in [3.63, 3.8) is 0 Å². The minimum absolute atomic E-state index is 0.440. The van der Waals surface area contributed by atoms with Gasteiger partial charge in [0.05, 0.1) is 6.20 Å². The largest absolute Gasteiger partial charge is 0.440 e. The zero-order valence-corrected chi connectivity index (χ0v) is 15.0. The van der Waals surface area contributed by atoms with Gasteiger partial charge in [-0.15, -0.1) is 0 Å². The van der Waals surface area contributed by atoms with E-state index in [2.05, 4.69) is 4.98 Å². The van der Waals surface area contributed by atoms with E-state index in [1.807, 2.05) is 30.3 Å². The molecule has 1 aromatic heterocycles. The van der Waals surface area contributed by atoms with Crippen LogP contribution in [0.1, 0.15) is 47.6 Å². The van der Waals surface area contributed by atoms with E-state index in [1.165, 1.54) is 5.48 Å². The smallest absolute Gasteiger partial charge is 0.282 e. The number of carbonyl (C=O) groups excluding carboxylic acids is 1. The number of halogens is 1. The molecular weight excluding hydrogens is 359 g/mol. The summed E-state index contributed by atoms with van der Waals surface area (Å²) in [6, 6.07) is 16.4. The summed E-state index contributed by atoms with van der Waals surface area (Å²) < 4.78 is 21.3. The van der Waals surface area contributed by atoms with E-state index in [0.29, 0.717) is 17.2 Å². The Labute approximate surface area is 161 Å². The van der Waals surface area contributed by atoms with Crippen LogP contribution in [0.25, 0.3) is 11.3 Å². The third-order valence-corrected chi connectivity index (χ3v) is 5.74. The van der Waals surface area contributed by atoms with Gasteiger partial charge in [-0.2, -0.15) is 0 Å². The van der Waals surface area contributed by atoms with Crippen LogP contribution >= 0.6 is 0 Å². The van der Waals surface area contributed by atoms with Crippen LogP contribution in [0.5, 0.6) is 0 Å². The lowest BCUT2D eigenvalue weighted by Gasteiger charge is -2.06. The van der Waals surface area contributed by atoms with E-state index < -0.39 is 23.4 Å². The fourth-order valence-corrected chi connectivity index (χ4v) is 4.05. The second-order valence-corrected chi connectivity index (χ2v) is 7.53. The predicted molar refractivity (Wildman–Crippen MR) is 99.6 cm³/mol. The summed E-state index contributed by atoms with van der Waals surface area (Å²) in [6.07, 6.45) is 3.95. The number of aromatic nitrogens is 1. The van der Waals surface area contributed by atoms with Crippen molar-refractivity contribution in [2.45, 2.75) is 36.3 Å². The molecule has 0 aliphatic heterocycles. The van der Waals surface area contributed by atoms with Gasteiger partial charge in [0.1, 0.15) is 0 Å². The van der Waals surface area contributed by atoms with Gasteiger partial charge in [0.25, 0.3) is 5.91 Å². The average Bonchev–Trinajstić information content (AvgIpc) is 3.64. The van der Waals surface area contributed by atoms with Gasteiger partial charge in [-0.05, 0) is 24.0 Å². The number of nitrogens with one attached hydrogen (secondary N) is 1. The maximum Gasteiger partial charge on any atom is 0.282 e. The van der Waals surface area contributed by atoms with E-state index in [1.54, 1.807) is 30.5 Å². The molecule has 2 fully saturated rings. The molecule has 2 aliphatic carbocycles. The van der Waals surface area contributed by atoms with Crippen molar-refractivity contribution >= 4 is 5.91 Å². The van der Waals surface area contributed by atoms with Gasteiger partial charge in [0.2, 0.25) is 5.67 Å². The van der Waals surface area contributed by atoms with E-state index in [4.69, 9.17) is 9.62 Å². The van der Waals surface area contributed by atoms with E-state index in [9.17, 15) is 4.79 Å². The minimum atomic E-state index is -2.18. The first-order valence-electron chi connectivity index (χ1n) is 9.37. The van der Waals surface area contributed by atoms with Crippen LogP contribution in [-0.2, 0) is 4.79 Å². The summed E-state index contributed by atoms with van der Waals surface area (Å²) in [6.45, 7) is 0. The molecule has 28 heavy (non-hydrogen) atoms. The number of hydrogen-bond acceptors (Lipinski definition) is 4. The van der Waals surface area contributed by atoms with Crippen molar-refractivity contribution in [3.8, 4) is 11.3 Å². The minimum Gasteiger partial charge on any atom is -0.440 e. The Bertz CT molecular complexity index is 1010. The third-order valence-electron chi connectivity index (χ3n) is 5.74. The molecule has 0 unspecified atom stereocenters. The molecule has 1 heterocycles.